The van der Waals surface area contributed by atoms with E-state index >= 15 is 0 Å². The smallest absolute Gasteiger partial charge is 0.255 e. The number of carbonyl (C=O) groups is 2. The largest absolute Gasteiger partial charge is 0.322 e. The molecular weight excluding hydrogens is 423 g/mol. The average Bonchev–Trinajstić information content (AvgIpc) is 2.67. The average molecular weight is 439 g/mol. The Kier molecular flexibility index (Phi) is 6.46. The van der Waals surface area contributed by atoms with Gasteiger partial charge < -0.3 is 5.32 Å². The number of nitrogens with one attached hydrogen (secondary N) is 1. The van der Waals surface area contributed by atoms with Gasteiger partial charge in [-0.1, -0.05) is 23.2 Å². The maximum Gasteiger partial charge on any atom is 0.255 e. The van der Waals surface area contributed by atoms with Gasteiger partial charge >= 0.3 is 0 Å². The Morgan fingerprint density at radius 1 is 0.933 bits per heavy atom. The summed E-state index contributed by atoms with van der Waals surface area (Å²) in [5.41, 5.74) is 2.47. The van der Waals surface area contributed by atoms with Crippen LogP contribution in [0.15, 0.2) is 48.5 Å². The van der Waals surface area contributed by atoms with Gasteiger partial charge in [-0.25, -0.2) is 9.97 Å². The van der Waals surface area contributed by atoms with E-state index in [1.54, 1.807) is 32.0 Å². The zero-order valence-electron chi connectivity index (χ0n) is 16.1. The van der Waals surface area contributed by atoms with Gasteiger partial charge in [0.15, 0.2) is 17.5 Å². The molecule has 0 saturated carbocycles. The van der Waals surface area contributed by atoms with E-state index in [4.69, 9.17) is 23.2 Å². The molecule has 30 heavy (non-hydrogen) atoms. The van der Waals surface area contributed by atoms with Crippen LogP contribution in [0.5, 0.6) is 0 Å². The fraction of sp³-hybridized carbons (Fsp3) is 0.136. The van der Waals surface area contributed by atoms with E-state index in [-0.39, 0.29) is 5.82 Å². The lowest BCUT2D eigenvalue weighted by Gasteiger charge is -2.10. The molecule has 1 N–H and O–H groups in total. The van der Waals surface area contributed by atoms with E-state index in [0.717, 1.165) is 0 Å². The molecule has 0 aliphatic heterocycles. The lowest BCUT2D eigenvalue weighted by molar-refractivity contribution is 0.0975. The third-order valence-electron chi connectivity index (χ3n) is 4.20. The predicted molar refractivity (Wildman–Crippen MR) is 115 cm³/mol. The summed E-state index contributed by atoms with van der Waals surface area (Å²) in [4.78, 5) is 33.6. The molecule has 1 heterocycles. The number of nitriles is 1. The molecule has 0 aliphatic carbocycles. The highest BCUT2D eigenvalue weighted by molar-refractivity contribution is 6.35. The Morgan fingerprint density at radius 3 is 2.03 bits per heavy atom. The van der Waals surface area contributed by atoms with Gasteiger partial charge in [0.1, 0.15) is 0 Å². The van der Waals surface area contributed by atoms with Crippen molar-refractivity contribution in [2.45, 2.75) is 19.8 Å². The summed E-state index contributed by atoms with van der Waals surface area (Å²) in [6, 6.07) is 14.5. The summed E-state index contributed by atoms with van der Waals surface area (Å²) >= 11 is 11.9. The molecule has 0 fully saturated rings. The molecule has 0 bridgehead atoms. The third kappa shape index (κ3) is 5.01. The van der Waals surface area contributed by atoms with Crippen molar-refractivity contribution >= 4 is 40.6 Å². The predicted octanol–water partition coefficient (Wildman–Crippen LogP) is 5.14. The summed E-state index contributed by atoms with van der Waals surface area (Å²) < 4.78 is 0. The van der Waals surface area contributed by atoms with Crippen LogP contribution in [0.1, 0.15) is 43.8 Å². The van der Waals surface area contributed by atoms with Crippen LogP contribution in [0.3, 0.4) is 0 Å². The summed E-state index contributed by atoms with van der Waals surface area (Å²) in [5.74, 6) is -1.74. The van der Waals surface area contributed by atoms with Crippen molar-refractivity contribution in [3.05, 3.63) is 86.9 Å². The summed E-state index contributed by atoms with van der Waals surface area (Å²) in [7, 11) is 0. The zero-order chi connectivity index (χ0) is 21.8. The number of Topliss-reactive ketones (excluding diaryl/α,β-unsaturated/α-hetero) is 1. The van der Waals surface area contributed by atoms with Gasteiger partial charge in [0.25, 0.3) is 5.91 Å². The zero-order valence-corrected chi connectivity index (χ0v) is 17.6. The maximum atomic E-state index is 12.8. The summed E-state index contributed by atoms with van der Waals surface area (Å²) in [6.45, 7) is 3.56. The first-order valence-electron chi connectivity index (χ1n) is 8.90. The van der Waals surface area contributed by atoms with E-state index in [2.05, 4.69) is 15.3 Å². The van der Waals surface area contributed by atoms with Crippen LogP contribution in [0, 0.1) is 25.2 Å². The molecule has 2 aromatic carbocycles. The van der Waals surface area contributed by atoms with Crippen LogP contribution in [-0.4, -0.2) is 21.7 Å². The monoisotopic (exact) mass is 438 g/mol. The molecule has 3 rings (SSSR count). The van der Waals surface area contributed by atoms with Crippen molar-refractivity contribution in [3.8, 4) is 6.07 Å². The van der Waals surface area contributed by atoms with Crippen molar-refractivity contribution in [2.24, 2.45) is 0 Å². The van der Waals surface area contributed by atoms with Gasteiger partial charge in [-0.05, 0) is 62.4 Å². The second-order valence-electron chi connectivity index (χ2n) is 6.62. The van der Waals surface area contributed by atoms with Gasteiger partial charge in [-0.15, -0.1) is 0 Å². The molecule has 0 saturated heterocycles. The van der Waals surface area contributed by atoms with Crippen LogP contribution >= 0.6 is 23.2 Å². The van der Waals surface area contributed by atoms with Crippen LogP contribution in [0.2, 0.25) is 10.0 Å². The Balaban J connectivity index is 1.78. The number of amides is 1. The van der Waals surface area contributed by atoms with Crippen molar-refractivity contribution in [1.82, 2.24) is 9.97 Å². The van der Waals surface area contributed by atoms with Gasteiger partial charge in [0, 0.05) is 38.2 Å². The minimum atomic E-state index is -1.11. The molecule has 1 unspecified atom stereocenters. The summed E-state index contributed by atoms with van der Waals surface area (Å²) in [5, 5.41) is 12.9. The topological polar surface area (TPSA) is 95.7 Å². The number of hydrogen-bond acceptors (Lipinski definition) is 5. The normalized spacial score (nSPS) is 11.4. The molecule has 0 aliphatic rings. The van der Waals surface area contributed by atoms with Crippen molar-refractivity contribution in [2.75, 3.05) is 5.32 Å². The van der Waals surface area contributed by atoms with Crippen LogP contribution in [0.25, 0.3) is 0 Å². The van der Waals surface area contributed by atoms with E-state index < -0.39 is 17.6 Å². The molecule has 0 spiro atoms. The number of hydrogen-bond donors (Lipinski definition) is 1. The van der Waals surface area contributed by atoms with Crippen LogP contribution in [-0.2, 0) is 0 Å². The summed E-state index contributed by atoms with van der Waals surface area (Å²) in [6.07, 6.45) is 0. The number of ketones is 1. The minimum absolute atomic E-state index is 0.176. The third-order valence-corrected chi connectivity index (χ3v) is 4.64. The van der Waals surface area contributed by atoms with E-state index in [0.29, 0.717) is 38.2 Å². The van der Waals surface area contributed by atoms with E-state index in [1.165, 1.54) is 30.3 Å². The molecule has 1 amide bonds. The molecule has 8 heteroatoms. The SMILES string of the molecule is Cc1cc(C)nc(C(C#N)C(=O)c2ccc(NC(=O)c3cc(Cl)cc(Cl)c3)cc2)n1. The lowest BCUT2D eigenvalue weighted by Crippen LogP contribution is -2.16. The van der Waals surface area contributed by atoms with Crippen molar-refractivity contribution in [3.63, 3.8) is 0 Å². The van der Waals surface area contributed by atoms with Gasteiger partial charge in [-0.2, -0.15) is 5.26 Å². The maximum absolute atomic E-state index is 12.8. The first kappa shape index (κ1) is 21.4. The highest BCUT2D eigenvalue weighted by Gasteiger charge is 2.25. The number of nitrogens with zero attached hydrogens (tertiary/aromatic N) is 3. The van der Waals surface area contributed by atoms with Crippen LogP contribution < -0.4 is 5.32 Å². The van der Waals surface area contributed by atoms with Crippen molar-refractivity contribution in [1.29, 1.82) is 5.26 Å². The van der Waals surface area contributed by atoms with Gasteiger partial charge in [0.2, 0.25) is 0 Å². The number of benzene rings is 2. The Hall–Kier alpha value is -3.27. The molecule has 1 atom stereocenters. The first-order chi connectivity index (χ1) is 14.3. The number of carbonyl (C=O) groups excluding carboxylic acids is 2. The quantitative estimate of drug-likeness (QED) is 0.556. The highest BCUT2D eigenvalue weighted by atomic mass is 35.5. The second kappa shape index (κ2) is 9.04. The fourth-order valence-electron chi connectivity index (χ4n) is 2.89. The minimum Gasteiger partial charge on any atom is -0.322 e. The molecule has 0 radical (unpaired) electrons. The number of halogens is 2. The Bertz CT molecular complexity index is 1130. The number of aryl methyl sites for hydroxylation is 2. The molecule has 3 aromatic rings. The van der Waals surface area contributed by atoms with E-state index in [9.17, 15) is 14.9 Å². The second-order valence-corrected chi connectivity index (χ2v) is 7.50. The number of anilines is 1. The Labute approximate surface area is 183 Å². The molecule has 1 aromatic heterocycles. The number of aromatic nitrogens is 2. The standard InChI is InChI=1S/C22H16Cl2N4O2/c1-12-7-13(2)27-21(26-12)19(11-25)20(29)14-3-5-18(6-4-14)28-22(30)15-8-16(23)10-17(24)9-15/h3-10,19H,1-2H3,(H,28,30). The lowest BCUT2D eigenvalue weighted by atomic mass is 9.97. The molecular formula is C22H16Cl2N4O2. The van der Waals surface area contributed by atoms with Gasteiger partial charge in [-0.3, -0.25) is 9.59 Å². The highest BCUT2D eigenvalue weighted by Crippen LogP contribution is 2.22. The molecule has 150 valence electrons. The first-order valence-corrected chi connectivity index (χ1v) is 9.66. The van der Waals surface area contributed by atoms with Gasteiger partial charge in [0.05, 0.1) is 6.07 Å². The Morgan fingerprint density at radius 2 is 1.50 bits per heavy atom. The fourth-order valence-corrected chi connectivity index (χ4v) is 3.41. The van der Waals surface area contributed by atoms with Crippen LogP contribution in [0.4, 0.5) is 5.69 Å². The number of rotatable bonds is 5. The van der Waals surface area contributed by atoms with E-state index in [1.807, 2.05) is 6.07 Å². The van der Waals surface area contributed by atoms with Crippen molar-refractivity contribution < 1.29 is 9.59 Å². The molecule has 6 nitrogen and oxygen atoms in total.